The fraction of sp³-hybridized carbons (Fsp3) is 0.448. The van der Waals surface area contributed by atoms with Gasteiger partial charge in [0.15, 0.2) is 5.82 Å². The quantitative estimate of drug-likeness (QED) is 0.307. The molecule has 1 N–H and O–H groups in total. The van der Waals surface area contributed by atoms with Crippen LogP contribution in [0.1, 0.15) is 37.8 Å². The maximum Gasteiger partial charge on any atom is 0.158 e. The largest absolute Gasteiger partial charge is 0.353 e. The molecular weight excluding hydrogens is 522 g/mol. The molecule has 0 spiro atoms. The number of benzene rings is 2. The molecule has 2 atom stereocenters. The Kier molecular flexibility index (Phi) is 6.75. The van der Waals surface area contributed by atoms with Crippen molar-refractivity contribution in [2.45, 2.75) is 51.2 Å². The van der Waals surface area contributed by atoms with Crippen LogP contribution in [-0.4, -0.2) is 65.5 Å². The number of piperidine rings is 1. The van der Waals surface area contributed by atoms with E-state index in [4.69, 9.17) is 33.3 Å². The van der Waals surface area contributed by atoms with E-state index < -0.39 is 5.82 Å². The number of nitrogens with zero attached hydrogens (tertiary/aromatic N) is 5. The van der Waals surface area contributed by atoms with Crippen LogP contribution in [0.3, 0.4) is 0 Å². The molecule has 2 aromatic heterocycles. The molecule has 0 radical (unpaired) electrons. The lowest BCUT2D eigenvalue weighted by atomic mass is 9.97. The summed E-state index contributed by atoms with van der Waals surface area (Å²) in [5, 5.41) is 10.9. The average molecular weight is 556 g/mol. The predicted octanol–water partition coefficient (Wildman–Crippen LogP) is 6.46. The Morgan fingerprint density at radius 3 is 2.71 bits per heavy atom. The monoisotopic (exact) mass is 554 g/mol. The summed E-state index contributed by atoms with van der Waals surface area (Å²) in [6.45, 7) is 6.72. The second-order valence-corrected chi connectivity index (χ2v) is 11.7. The van der Waals surface area contributed by atoms with E-state index >= 15 is 4.39 Å². The standard InChI is InChI=1S/C29H33Cl2FN6/c1-5-17-11-18(9-10-33-17)38-28-21-12-23(30)24(20-8-6-7-16(2)25(20)31)26(32)27(21)35-29(22(28)13-34-38)37-14-19(15-37)36(3)4/h6-8,12-13,17-19,33H,5,9-11,14-15H2,1-4H3/t17-,18+/m1/s1. The van der Waals surface area contributed by atoms with Gasteiger partial charge in [-0.3, -0.25) is 4.68 Å². The van der Waals surface area contributed by atoms with Crippen molar-refractivity contribution in [3.8, 4) is 11.1 Å². The number of fused-ring (bicyclic) bond motifs is 3. The smallest absolute Gasteiger partial charge is 0.158 e. The zero-order valence-corrected chi connectivity index (χ0v) is 23.7. The first-order valence-corrected chi connectivity index (χ1v) is 14.1. The SMILES string of the molecule is CC[C@@H]1C[C@@H](n2ncc3c(N4CC(N(C)C)C4)nc4c(F)c(-c5cccc(C)c5Cl)c(Cl)cc4c32)CCN1. The van der Waals surface area contributed by atoms with Crippen molar-refractivity contribution < 1.29 is 4.39 Å². The number of nitrogens with one attached hydrogen (secondary N) is 1. The van der Waals surface area contributed by atoms with E-state index in [-0.39, 0.29) is 6.04 Å². The van der Waals surface area contributed by atoms with Crippen molar-refractivity contribution in [2.24, 2.45) is 0 Å². The summed E-state index contributed by atoms with van der Waals surface area (Å²) < 4.78 is 18.7. The number of hydrogen-bond acceptors (Lipinski definition) is 5. The highest BCUT2D eigenvalue weighted by atomic mass is 35.5. The van der Waals surface area contributed by atoms with Gasteiger partial charge in [-0.15, -0.1) is 0 Å². The van der Waals surface area contributed by atoms with Gasteiger partial charge in [0.05, 0.1) is 33.2 Å². The molecule has 4 aromatic rings. The molecule has 6 nitrogen and oxygen atoms in total. The summed E-state index contributed by atoms with van der Waals surface area (Å²) in [4.78, 5) is 9.40. The summed E-state index contributed by atoms with van der Waals surface area (Å²) >= 11 is 13.5. The Morgan fingerprint density at radius 2 is 1.97 bits per heavy atom. The Balaban J connectivity index is 1.60. The second kappa shape index (κ2) is 9.94. The third-order valence-corrected chi connectivity index (χ3v) is 9.16. The van der Waals surface area contributed by atoms with Gasteiger partial charge in [-0.2, -0.15) is 5.10 Å². The van der Waals surface area contributed by atoms with Crippen molar-refractivity contribution in [1.29, 1.82) is 0 Å². The molecule has 38 heavy (non-hydrogen) atoms. The summed E-state index contributed by atoms with van der Waals surface area (Å²) in [7, 11) is 4.18. The molecular formula is C29H33Cl2FN6. The van der Waals surface area contributed by atoms with Gasteiger partial charge in [0.25, 0.3) is 0 Å². The molecule has 4 heterocycles. The molecule has 0 unspecified atom stereocenters. The third kappa shape index (κ3) is 4.15. The van der Waals surface area contributed by atoms with E-state index in [2.05, 4.69) is 40.8 Å². The van der Waals surface area contributed by atoms with Gasteiger partial charge in [-0.25, -0.2) is 9.37 Å². The van der Waals surface area contributed by atoms with Gasteiger partial charge < -0.3 is 15.1 Å². The molecule has 9 heteroatoms. The first-order valence-electron chi connectivity index (χ1n) is 13.4. The highest BCUT2D eigenvalue weighted by Gasteiger charge is 2.33. The number of halogens is 3. The van der Waals surface area contributed by atoms with Crippen LogP contribution in [0.4, 0.5) is 10.2 Å². The number of aromatic nitrogens is 3. The maximum absolute atomic E-state index is 16.6. The van der Waals surface area contributed by atoms with Gasteiger partial charge in [0, 0.05) is 41.7 Å². The predicted molar refractivity (Wildman–Crippen MR) is 155 cm³/mol. The van der Waals surface area contributed by atoms with Crippen LogP contribution in [0.25, 0.3) is 32.9 Å². The van der Waals surface area contributed by atoms with Crippen LogP contribution in [0.15, 0.2) is 30.5 Å². The fourth-order valence-corrected chi connectivity index (χ4v) is 6.45. The van der Waals surface area contributed by atoms with E-state index in [0.717, 1.165) is 61.2 Å². The molecule has 2 saturated heterocycles. The molecule has 0 amide bonds. The molecule has 0 saturated carbocycles. The van der Waals surface area contributed by atoms with E-state index in [1.165, 1.54) is 0 Å². The Bertz CT molecular complexity index is 1530. The van der Waals surface area contributed by atoms with Crippen LogP contribution in [0.2, 0.25) is 10.0 Å². The number of anilines is 1. The van der Waals surface area contributed by atoms with Crippen molar-refractivity contribution in [3.63, 3.8) is 0 Å². The van der Waals surface area contributed by atoms with E-state index in [1.807, 2.05) is 37.4 Å². The molecule has 2 aromatic carbocycles. The maximum atomic E-state index is 16.6. The topological polar surface area (TPSA) is 49.2 Å². The Morgan fingerprint density at radius 1 is 1.18 bits per heavy atom. The van der Waals surface area contributed by atoms with Crippen LogP contribution in [-0.2, 0) is 0 Å². The third-order valence-electron chi connectivity index (χ3n) is 8.36. The van der Waals surface area contributed by atoms with Gasteiger partial charge in [0.2, 0.25) is 0 Å². The van der Waals surface area contributed by atoms with Crippen LogP contribution < -0.4 is 10.2 Å². The van der Waals surface area contributed by atoms with E-state index in [0.29, 0.717) is 44.2 Å². The van der Waals surface area contributed by atoms with Crippen molar-refractivity contribution in [3.05, 3.63) is 51.9 Å². The lowest BCUT2D eigenvalue weighted by Crippen LogP contribution is -2.57. The van der Waals surface area contributed by atoms with Gasteiger partial charge in [0.1, 0.15) is 11.3 Å². The van der Waals surface area contributed by atoms with Gasteiger partial charge >= 0.3 is 0 Å². The lowest BCUT2D eigenvalue weighted by molar-refractivity contribution is 0.246. The lowest BCUT2D eigenvalue weighted by Gasteiger charge is -2.43. The number of aryl methyl sites for hydroxylation is 1. The molecule has 200 valence electrons. The van der Waals surface area contributed by atoms with Crippen LogP contribution in [0, 0.1) is 12.7 Å². The fourth-order valence-electron chi connectivity index (χ4n) is 5.94. The minimum absolute atomic E-state index is 0.218. The molecule has 2 aliphatic rings. The summed E-state index contributed by atoms with van der Waals surface area (Å²) in [5.74, 6) is 0.331. The highest BCUT2D eigenvalue weighted by Crippen LogP contribution is 2.44. The zero-order valence-electron chi connectivity index (χ0n) is 22.2. The Hall–Kier alpha value is -2.45. The van der Waals surface area contributed by atoms with Crippen molar-refractivity contribution >= 4 is 50.8 Å². The van der Waals surface area contributed by atoms with E-state index in [9.17, 15) is 0 Å². The summed E-state index contributed by atoms with van der Waals surface area (Å²) in [6, 6.07) is 8.53. The number of pyridine rings is 1. The highest BCUT2D eigenvalue weighted by molar-refractivity contribution is 6.37. The number of rotatable bonds is 5. The average Bonchev–Trinajstić information content (AvgIpc) is 3.32. The first kappa shape index (κ1) is 25.8. The van der Waals surface area contributed by atoms with Crippen molar-refractivity contribution in [1.82, 2.24) is 25.0 Å². The van der Waals surface area contributed by atoms with E-state index in [1.54, 1.807) is 0 Å². The minimum Gasteiger partial charge on any atom is -0.353 e. The molecule has 2 fully saturated rings. The Labute approximate surface area is 232 Å². The van der Waals surface area contributed by atoms with Crippen LogP contribution >= 0.6 is 23.2 Å². The second-order valence-electron chi connectivity index (χ2n) is 10.9. The minimum atomic E-state index is -0.447. The molecule has 6 rings (SSSR count). The van der Waals surface area contributed by atoms with Gasteiger partial charge in [-0.05, 0) is 58.5 Å². The van der Waals surface area contributed by atoms with Crippen molar-refractivity contribution in [2.75, 3.05) is 38.6 Å². The summed E-state index contributed by atoms with van der Waals surface area (Å²) in [5.41, 5.74) is 2.95. The first-order chi connectivity index (χ1) is 18.3. The normalized spacial score (nSPS) is 20.6. The van der Waals surface area contributed by atoms with Crippen LogP contribution in [0.5, 0.6) is 0 Å². The molecule has 0 bridgehead atoms. The van der Waals surface area contributed by atoms with Gasteiger partial charge in [-0.1, -0.05) is 48.3 Å². The number of hydrogen-bond donors (Lipinski definition) is 1. The summed E-state index contributed by atoms with van der Waals surface area (Å²) in [6.07, 6.45) is 4.91. The number of likely N-dealkylation sites (N-methyl/N-ethyl adjacent to an activating group) is 1. The molecule has 0 aliphatic carbocycles. The molecule has 2 aliphatic heterocycles. The zero-order chi connectivity index (χ0) is 26.7.